The predicted molar refractivity (Wildman–Crippen MR) is 266 cm³/mol. The number of nitrogens with two attached hydrogens (primary N) is 1. The Kier molecular flexibility index (Phi) is 22.4. The maximum atomic E-state index is 12.1. The largest absolute Gasteiger partial charge is 0.409 e. The number of nitrogens with zero attached hydrogens (tertiary/aromatic N) is 4. The lowest BCUT2D eigenvalue weighted by Gasteiger charge is -2.25. The van der Waals surface area contributed by atoms with Gasteiger partial charge >= 0.3 is 0 Å². The van der Waals surface area contributed by atoms with Gasteiger partial charge in [-0.05, 0) is 114 Å². The van der Waals surface area contributed by atoms with Crippen LogP contribution in [0.3, 0.4) is 0 Å². The van der Waals surface area contributed by atoms with Crippen LogP contribution in [-0.2, 0) is 30.1 Å². The van der Waals surface area contributed by atoms with Gasteiger partial charge in [-0.3, -0.25) is 0 Å². The molecule has 3 aliphatic carbocycles. The van der Waals surface area contributed by atoms with E-state index in [2.05, 4.69) is 63.3 Å². The fourth-order valence-corrected chi connectivity index (χ4v) is 10.4. The second-order valence-corrected chi connectivity index (χ2v) is 22.3. The van der Waals surface area contributed by atoms with Crippen LogP contribution in [0.25, 0.3) is 11.4 Å². The molecule has 3 aliphatic rings. The van der Waals surface area contributed by atoms with E-state index in [9.17, 15) is 30.5 Å². The molecule has 0 unspecified atom stereocenters. The number of sulfonamides is 3. The maximum Gasteiger partial charge on any atom is 0.240 e. The molecule has 7 rings (SSSR count). The third kappa shape index (κ3) is 16.8. The van der Waals surface area contributed by atoms with Gasteiger partial charge in [0.1, 0.15) is 6.07 Å². The van der Waals surface area contributed by atoms with Crippen molar-refractivity contribution in [3.8, 4) is 17.5 Å². The van der Waals surface area contributed by atoms with Gasteiger partial charge in [-0.15, -0.1) is 5.00 Å². The van der Waals surface area contributed by atoms with Crippen molar-refractivity contribution < 1.29 is 40.2 Å². The zero-order chi connectivity index (χ0) is 50.6. The molecule has 3 fully saturated rings. The first-order chi connectivity index (χ1) is 32.9. The summed E-state index contributed by atoms with van der Waals surface area (Å²) >= 11 is 4.30. The van der Waals surface area contributed by atoms with Gasteiger partial charge in [0.05, 0.1) is 25.9 Å². The number of nitriles is 1. The van der Waals surface area contributed by atoms with Gasteiger partial charge in [0, 0.05) is 59.3 Å². The summed E-state index contributed by atoms with van der Waals surface area (Å²) < 4.78 is 83.3. The van der Waals surface area contributed by atoms with Crippen molar-refractivity contribution in [2.24, 2.45) is 10.9 Å². The smallest absolute Gasteiger partial charge is 0.240 e. The molecule has 4 aromatic rings. The number of hydrogen-bond donors (Lipinski definition) is 10. The molecule has 25 heteroatoms. The number of anilines is 3. The van der Waals surface area contributed by atoms with Gasteiger partial charge in [0.15, 0.2) is 5.84 Å². The fourth-order valence-electron chi connectivity index (χ4n) is 8.16. The number of nitrogens with one attached hydrogen (secondary N) is 7. The average molecular weight is 1040 g/mol. The zero-order valence-corrected chi connectivity index (χ0v) is 42.5. The Morgan fingerprint density at radius 2 is 1.07 bits per heavy atom. The Hall–Kier alpha value is -5.10. The van der Waals surface area contributed by atoms with Gasteiger partial charge in [0.25, 0.3) is 0 Å². The summed E-state index contributed by atoms with van der Waals surface area (Å²) in [5, 5.41) is 42.4. The van der Waals surface area contributed by atoms with Crippen LogP contribution in [0, 0.1) is 18.3 Å². The maximum absolute atomic E-state index is 12.1. The Bertz CT molecular complexity index is 2680. The van der Waals surface area contributed by atoms with Gasteiger partial charge < -0.3 is 36.6 Å². The molecular weight excluding hydrogens is 972 g/mol. The van der Waals surface area contributed by atoms with E-state index in [1.807, 2.05) is 0 Å². The summed E-state index contributed by atoms with van der Waals surface area (Å²) in [6.45, 7) is 1.71. The second kappa shape index (κ2) is 27.3. The molecule has 21 nitrogen and oxygen atoms in total. The molecule has 0 spiro atoms. The molecule has 0 radical (unpaired) electrons. The molecule has 1 aromatic heterocycles. The minimum absolute atomic E-state index is 0.0748. The minimum atomic E-state index is -3.58. The van der Waals surface area contributed by atoms with E-state index in [4.69, 9.17) is 20.7 Å². The first kappa shape index (κ1) is 56.5. The van der Waals surface area contributed by atoms with Crippen LogP contribution < -0.4 is 40.8 Å². The van der Waals surface area contributed by atoms with Crippen LogP contribution in [0.5, 0.6) is 0 Å². The summed E-state index contributed by atoms with van der Waals surface area (Å²) in [5.41, 5.74) is 9.30. The van der Waals surface area contributed by atoms with E-state index in [1.54, 1.807) is 37.3 Å². The van der Waals surface area contributed by atoms with Crippen molar-refractivity contribution in [2.45, 2.75) is 136 Å². The highest BCUT2D eigenvalue weighted by atomic mass is 35.5. The summed E-state index contributed by atoms with van der Waals surface area (Å²) in [6, 6.07) is 17.3. The Morgan fingerprint density at radius 1 is 0.681 bits per heavy atom. The monoisotopic (exact) mass is 1040 g/mol. The predicted octanol–water partition coefficient (Wildman–Crippen LogP) is 6.46. The SMILES string of the molecule is CNS(=O)(=O)c1ccc(NC2CCCCC2)c(-c2noc(C)n2)c1.CNS(=O)(=O)c1ccc(NC2CCCCC2)c(/C(N)=N/O)c1.CNS(=O)(=O)c1ccc(NC2CCCCC2)c(C#N)c1.ONCl. The molecule has 0 saturated heterocycles. The van der Waals surface area contributed by atoms with Crippen LogP contribution in [0.15, 0.2) is 79.0 Å². The standard InChI is InChI=1S/C16H22N4O3S.C14H22N4O3S.C14H19N3O2S.ClH2NO/c1-11-18-16(20-23-11)14-10-13(24(21,22)17-2)8-9-15(14)19-12-6-4-3-5-7-12;1-16-22(20,21)11-7-8-13(12(9-11)14(15)18-19)17-10-5-3-2-4-6-10;1-16-20(18,19)13-7-8-14(11(9-13)10-15)17-12-5-3-2-4-6-12;1-2-3/h8-10,12,17,19H,3-7H2,1-2H3;7-10,16-17,19H,2-6H2,1H3,(H2,15,18);7-9,12,16-17H,2-6H2,1H3;2-3H. The highest BCUT2D eigenvalue weighted by Crippen LogP contribution is 2.32. The quantitative estimate of drug-likeness (QED) is 0.0213. The molecule has 3 saturated carbocycles. The summed E-state index contributed by atoms with van der Waals surface area (Å²) in [7, 11) is -6.54. The minimum Gasteiger partial charge on any atom is -0.409 e. The number of amidine groups is 1. The molecule has 0 aliphatic heterocycles. The van der Waals surface area contributed by atoms with E-state index in [0.29, 0.717) is 52.2 Å². The van der Waals surface area contributed by atoms with E-state index < -0.39 is 30.1 Å². The molecular formula is C44H65ClN12O9S3. The lowest BCUT2D eigenvalue weighted by molar-refractivity contribution is 0.251. The first-order valence-electron chi connectivity index (χ1n) is 22.7. The molecule has 69 heavy (non-hydrogen) atoms. The number of halogens is 1. The zero-order valence-electron chi connectivity index (χ0n) is 39.3. The average Bonchev–Trinajstić information content (AvgIpc) is 3.81. The lowest BCUT2D eigenvalue weighted by atomic mass is 9.95. The van der Waals surface area contributed by atoms with Crippen LogP contribution in [0.4, 0.5) is 17.1 Å². The number of oxime groups is 1. The Morgan fingerprint density at radius 3 is 1.48 bits per heavy atom. The van der Waals surface area contributed by atoms with Crippen LogP contribution in [0.1, 0.15) is 113 Å². The van der Waals surface area contributed by atoms with Crippen molar-refractivity contribution in [3.05, 3.63) is 71.6 Å². The number of rotatable bonds is 14. The third-order valence-corrected chi connectivity index (χ3v) is 16.1. The molecule has 0 amide bonds. The van der Waals surface area contributed by atoms with Crippen molar-refractivity contribution >= 4 is 64.7 Å². The van der Waals surface area contributed by atoms with Gasteiger partial charge in [-0.1, -0.05) is 68.1 Å². The number of benzene rings is 3. The second-order valence-electron chi connectivity index (χ2n) is 16.5. The lowest BCUT2D eigenvalue weighted by Crippen LogP contribution is -2.26. The highest BCUT2D eigenvalue weighted by Gasteiger charge is 2.23. The molecule has 1 heterocycles. The summed E-state index contributed by atoms with van der Waals surface area (Å²) in [5.74, 6) is 0.709. The number of hydrogen-bond acceptors (Lipinski definition) is 17. The van der Waals surface area contributed by atoms with E-state index >= 15 is 0 Å². The van der Waals surface area contributed by atoms with Crippen molar-refractivity contribution in [2.75, 3.05) is 37.1 Å². The van der Waals surface area contributed by atoms with E-state index in [1.165, 1.54) is 108 Å². The Balaban J connectivity index is 0.000000220. The van der Waals surface area contributed by atoms with Gasteiger partial charge in [-0.25, -0.2) is 39.4 Å². The van der Waals surface area contributed by atoms with Crippen molar-refractivity contribution in [3.63, 3.8) is 0 Å². The van der Waals surface area contributed by atoms with E-state index in [-0.39, 0.29) is 20.5 Å². The molecule has 0 atom stereocenters. The number of aryl methyl sites for hydroxylation is 1. The van der Waals surface area contributed by atoms with Gasteiger partial charge in [-0.2, -0.15) is 10.2 Å². The molecule has 11 N–H and O–H groups in total. The Labute approximate surface area is 410 Å². The van der Waals surface area contributed by atoms with Gasteiger partial charge in [0.2, 0.25) is 41.8 Å². The topological polar surface area (TPSA) is 328 Å². The summed E-state index contributed by atoms with van der Waals surface area (Å²) in [4.78, 5) is 5.84. The molecule has 3 aromatic carbocycles. The highest BCUT2D eigenvalue weighted by molar-refractivity contribution is 7.90. The molecule has 0 bridgehead atoms. The van der Waals surface area contributed by atoms with Crippen LogP contribution >= 0.6 is 11.8 Å². The van der Waals surface area contributed by atoms with Crippen LogP contribution in [0.2, 0.25) is 0 Å². The van der Waals surface area contributed by atoms with E-state index in [0.717, 1.165) is 49.9 Å². The number of aromatic nitrogens is 2. The first-order valence-corrected chi connectivity index (χ1v) is 27.5. The molecule has 380 valence electrons. The van der Waals surface area contributed by atoms with Crippen molar-refractivity contribution in [1.82, 2.24) is 29.3 Å². The van der Waals surface area contributed by atoms with Crippen molar-refractivity contribution in [1.29, 1.82) is 5.26 Å². The third-order valence-electron chi connectivity index (χ3n) is 11.9. The fraction of sp³-hybridized carbons (Fsp3) is 0.500. The van der Waals surface area contributed by atoms with Crippen LogP contribution in [-0.4, -0.2) is 90.9 Å². The normalized spacial score (nSPS) is 16.3. The summed E-state index contributed by atoms with van der Waals surface area (Å²) in [6.07, 6.45) is 17.5.